The van der Waals surface area contributed by atoms with E-state index in [9.17, 15) is 9.59 Å². The molecule has 0 saturated heterocycles. The number of Topliss-reactive ketones (excluding diaryl/α,β-unsaturated/α-hetero) is 1. The van der Waals surface area contributed by atoms with Crippen molar-refractivity contribution in [3.63, 3.8) is 0 Å². The second kappa shape index (κ2) is 14.1. The average Bonchev–Trinajstić information content (AvgIpc) is 3.40. The molecule has 0 spiro atoms. The number of allylic oxidation sites excluding steroid dienone is 1. The first-order valence-corrected chi connectivity index (χ1v) is 13.8. The number of benzene rings is 2. The van der Waals surface area contributed by atoms with Crippen LogP contribution in [0.2, 0.25) is 5.02 Å². The zero-order valence-corrected chi connectivity index (χ0v) is 23.7. The van der Waals surface area contributed by atoms with Crippen molar-refractivity contribution in [3.8, 4) is 0 Å². The van der Waals surface area contributed by atoms with E-state index in [4.69, 9.17) is 21.8 Å². The van der Waals surface area contributed by atoms with Crippen molar-refractivity contribution in [2.45, 2.75) is 25.8 Å². The van der Waals surface area contributed by atoms with Gasteiger partial charge in [0.2, 0.25) is 5.78 Å². The van der Waals surface area contributed by atoms with Gasteiger partial charge in [-0.05, 0) is 101 Å². The van der Waals surface area contributed by atoms with Crippen LogP contribution in [0.4, 0.5) is 0 Å². The van der Waals surface area contributed by atoms with Gasteiger partial charge >= 0.3 is 0 Å². The third-order valence-electron chi connectivity index (χ3n) is 6.73. The summed E-state index contributed by atoms with van der Waals surface area (Å²) in [6.07, 6.45) is 6.73. The number of nitrogens with one attached hydrogen (secondary N) is 1. The number of carbonyl (C=O) groups excluding carboxylic acids is 2. The Kier molecular flexibility index (Phi) is 10.4. The van der Waals surface area contributed by atoms with Gasteiger partial charge in [0.25, 0.3) is 0 Å². The number of halogens is 1. The number of carbonyl (C=O) groups is 2. The zero-order valence-electron chi connectivity index (χ0n) is 22.9. The van der Waals surface area contributed by atoms with E-state index >= 15 is 0 Å². The van der Waals surface area contributed by atoms with Crippen LogP contribution in [0.25, 0.3) is 17.0 Å². The maximum Gasteiger partial charge on any atom is 0.221 e. The molecule has 4 rings (SSSR count). The Balaban J connectivity index is 1.52. The van der Waals surface area contributed by atoms with Gasteiger partial charge in [0, 0.05) is 22.2 Å². The summed E-state index contributed by atoms with van der Waals surface area (Å²) in [6.45, 7) is 4.98. The minimum absolute atomic E-state index is 0.0448. The highest BCUT2D eigenvalue weighted by molar-refractivity contribution is 6.31. The summed E-state index contributed by atoms with van der Waals surface area (Å²) in [6, 6.07) is 17.5. The predicted molar refractivity (Wildman–Crippen MR) is 161 cm³/mol. The highest BCUT2D eigenvalue weighted by atomic mass is 35.5. The van der Waals surface area contributed by atoms with E-state index in [2.05, 4.69) is 22.2 Å². The summed E-state index contributed by atoms with van der Waals surface area (Å²) in [5.41, 5.74) is 8.60. The molecule has 208 valence electrons. The van der Waals surface area contributed by atoms with E-state index in [1.54, 1.807) is 49.5 Å². The van der Waals surface area contributed by atoms with Crippen LogP contribution < -0.4 is 11.1 Å². The quantitative estimate of drug-likeness (QED) is 0.113. The van der Waals surface area contributed by atoms with E-state index in [1.807, 2.05) is 30.3 Å². The number of nitrogens with zero attached hydrogens (tertiary/aromatic N) is 2. The lowest BCUT2D eigenvalue weighted by Gasteiger charge is -2.21. The largest absolute Gasteiger partial charge is 0.458 e. The molecule has 0 aliphatic carbocycles. The molecule has 3 N–H and O–H groups in total. The molecule has 1 atom stereocenters. The summed E-state index contributed by atoms with van der Waals surface area (Å²) >= 11 is 6.21. The number of nitrogens with two attached hydrogens (primary N) is 1. The number of aromatic nitrogens is 1. The third-order valence-corrected chi connectivity index (χ3v) is 6.96. The fourth-order valence-corrected chi connectivity index (χ4v) is 4.72. The Labute approximate surface area is 240 Å². The second-order valence-corrected chi connectivity index (χ2v) is 10.3. The topological polar surface area (TPSA) is 101 Å². The molecule has 40 heavy (non-hydrogen) atoms. The van der Waals surface area contributed by atoms with E-state index in [0.717, 1.165) is 48.0 Å². The predicted octanol–water partition coefficient (Wildman–Crippen LogP) is 5.87. The highest BCUT2D eigenvalue weighted by Gasteiger charge is 2.24. The van der Waals surface area contributed by atoms with Gasteiger partial charge in [-0.2, -0.15) is 0 Å². The van der Waals surface area contributed by atoms with Crippen LogP contribution in [0.1, 0.15) is 56.7 Å². The van der Waals surface area contributed by atoms with Gasteiger partial charge in [0.05, 0.1) is 11.6 Å². The SMILES string of the molecule is Cc1ccc(C(=O)/C=C/c2ccc(C(=O)C(NCCCN(C)CCCN)c3ccnc4cc(Cl)ccc34)cc2)o1. The van der Waals surface area contributed by atoms with Crippen molar-refractivity contribution in [1.82, 2.24) is 15.2 Å². The number of fused-ring (bicyclic) bond motifs is 1. The van der Waals surface area contributed by atoms with Crippen molar-refractivity contribution >= 4 is 40.1 Å². The van der Waals surface area contributed by atoms with Crippen LogP contribution in [0, 0.1) is 6.92 Å². The minimum atomic E-state index is -0.564. The maximum atomic E-state index is 13.9. The van der Waals surface area contributed by atoms with Gasteiger partial charge in [0.15, 0.2) is 11.5 Å². The molecule has 2 aromatic heterocycles. The van der Waals surface area contributed by atoms with Gasteiger partial charge in [-0.3, -0.25) is 14.6 Å². The standard InChI is InChI=1S/C32H35ClN4O3/c1-22-5-14-30(40-22)29(38)13-8-23-6-9-24(10-7-23)32(39)31(36-17-4-20-37(2)19-3-16-34)27-15-18-35-28-21-25(33)11-12-26(27)28/h5-15,18,21,31,36H,3-4,16-17,19-20,34H2,1-2H3/b13-8+. The molecule has 0 aliphatic heterocycles. The number of hydrogen-bond acceptors (Lipinski definition) is 7. The lowest BCUT2D eigenvalue weighted by molar-refractivity contribution is 0.0942. The molecule has 8 heteroatoms. The summed E-state index contributed by atoms with van der Waals surface area (Å²) in [5.74, 6) is 0.727. The Morgan fingerprint density at radius 3 is 2.58 bits per heavy atom. The van der Waals surface area contributed by atoms with E-state index < -0.39 is 6.04 Å². The fraction of sp³-hybridized carbons (Fsp3) is 0.281. The summed E-state index contributed by atoms with van der Waals surface area (Å²) < 4.78 is 5.39. The van der Waals surface area contributed by atoms with Gasteiger partial charge in [-0.1, -0.05) is 48.0 Å². The first-order valence-electron chi connectivity index (χ1n) is 13.4. The third kappa shape index (κ3) is 7.73. The van der Waals surface area contributed by atoms with Gasteiger partial charge < -0.3 is 20.4 Å². The van der Waals surface area contributed by atoms with Crippen LogP contribution in [-0.2, 0) is 0 Å². The molecule has 0 saturated carbocycles. The van der Waals surface area contributed by atoms with E-state index in [0.29, 0.717) is 35.2 Å². The molecular weight excluding hydrogens is 524 g/mol. The van der Waals surface area contributed by atoms with Crippen LogP contribution in [0.3, 0.4) is 0 Å². The van der Waals surface area contributed by atoms with Crippen LogP contribution in [0.15, 0.2) is 77.4 Å². The zero-order chi connectivity index (χ0) is 28.5. The van der Waals surface area contributed by atoms with Crippen molar-refractivity contribution in [3.05, 3.63) is 106 Å². The van der Waals surface area contributed by atoms with E-state index in [-0.39, 0.29) is 11.6 Å². The monoisotopic (exact) mass is 558 g/mol. The normalized spacial score (nSPS) is 12.4. The van der Waals surface area contributed by atoms with Gasteiger partial charge in [-0.25, -0.2) is 0 Å². The molecular formula is C32H35ClN4O3. The van der Waals surface area contributed by atoms with Crippen molar-refractivity contribution in [1.29, 1.82) is 0 Å². The number of furan rings is 1. The lowest BCUT2D eigenvalue weighted by Crippen LogP contribution is -2.32. The number of hydrogen-bond donors (Lipinski definition) is 2. The lowest BCUT2D eigenvalue weighted by atomic mass is 9.94. The average molecular weight is 559 g/mol. The molecule has 0 aliphatic rings. The van der Waals surface area contributed by atoms with Crippen molar-refractivity contribution in [2.75, 3.05) is 33.2 Å². The molecule has 0 fully saturated rings. The Morgan fingerprint density at radius 2 is 1.85 bits per heavy atom. The first-order chi connectivity index (χ1) is 19.4. The molecule has 1 unspecified atom stereocenters. The van der Waals surface area contributed by atoms with Crippen LogP contribution in [-0.4, -0.2) is 54.7 Å². The minimum Gasteiger partial charge on any atom is -0.458 e. The molecule has 4 aromatic rings. The second-order valence-electron chi connectivity index (χ2n) is 9.84. The number of rotatable bonds is 14. The van der Waals surface area contributed by atoms with Gasteiger partial charge in [0.1, 0.15) is 5.76 Å². The van der Waals surface area contributed by atoms with Crippen LogP contribution in [0.5, 0.6) is 0 Å². The highest BCUT2D eigenvalue weighted by Crippen LogP contribution is 2.28. The summed E-state index contributed by atoms with van der Waals surface area (Å²) in [7, 11) is 2.08. The number of pyridine rings is 1. The summed E-state index contributed by atoms with van der Waals surface area (Å²) in [4.78, 5) is 32.9. The number of ketones is 2. The maximum absolute atomic E-state index is 13.9. The first kappa shape index (κ1) is 29.4. The molecule has 2 aromatic carbocycles. The Hall–Kier alpha value is -3.62. The van der Waals surface area contributed by atoms with Gasteiger partial charge in [-0.15, -0.1) is 0 Å². The van der Waals surface area contributed by atoms with E-state index in [1.165, 1.54) is 6.08 Å². The molecule has 2 heterocycles. The molecule has 7 nitrogen and oxygen atoms in total. The Morgan fingerprint density at radius 1 is 1.07 bits per heavy atom. The van der Waals surface area contributed by atoms with Crippen molar-refractivity contribution < 1.29 is 14.0 Å². The molecule has 0 amide bonds. The van der Waals surface area contributed by atoms with Crippen molar-refractivity contribution in [2.24, 2.45) is 5.73 Å². The molecule has 0 bridgehead atoms. The Bertz CT molecular complexity index is 1480. The fourth-order valence-electron chi connectivity index (χ4n) is 4.55. The molecule has 0 radical (unpaired) electrons. The summed E-state index contributed by atoms with van der Waals surface area (Å²) in [5, 5.41) is 4.97. The number of aryl methyl sites for hydroxylation is 1. The van der Waals surface area contributed by atoms with Crippen LogP contribution >= 0.6 is 11.6 Å². The smallest absolute Gasteiger partial charge is 0.221 e.